The molecule has 17 heavy (non-hydrogen) atoms. The topological polar surface area (TPSA) is 29.3 Å². The number of halogens is 1. The maximum atomic E-state index is 13.3. The number of nitrogens with zero attached hydrogens (tertiary/aromatic N) is 1. The summed E-state index contributed by atoms with van der Waals surface area (Å²) in [6.45, 7) is 4.99. The number of anilines is 1. The molecule has 1 heterocycles. The number of hydrogen-bond acceptors (Lipinski definition) is 2. The van der Waals surface area contributed by atoms with Gasteiger partial charge in [-0.1, -0.05) is 6.92 Å². The number of hydrogen-bond donors (Lipinski definition) is 1. The lowest BCUT2D eigenvalue weighted by atomic mass is 9.98. The van der Waals surface area contributed by atoms with Gasteiger partial charge in [0.1, 0.15) is 5.82 Å². The third-order valence-corrected chi connectivity index (χ3v) is 3.45. The molecule has 94 valence electrons. The van der Waals surface area contributed by atoms with Crippen LogP contribution in [-0.4, -0.2) is 19.6 Å². The first-order valence-electron chi connectivity index (χ1n) is 6.44. The highest BCUT2D eigenvalue weighted by Gasteiger charge is 2.18. The highest BCUT2D eigenvalue weighted by molar-refractivity contribution is 5.54. The van der Waals surface area contributed by atoms with Crippen LogP contribution in [0.2, 0.25) is 0 Å². The number of benzene rings is 1. The van der Waals surface area contributed by atoms with Crippen LogP contribution in [0.5, 0.6) is 0 Å². The van der Waals surface area contributed by atoms with Crippen molar-refractivity contribution in [1.29, 1.82) is 0 Å². The van der Waals surface area contributed by atoms with E-state index in [0.29, 0.717) is 6.54 Å². The van der Waals surface area contributed by atoms with Gasteiger partial charge in [-0.3, -0.25) is 0 Å². The largest absolute Gasteiger partial charge is 0.371 e. The van der Waals surface area contributed by atoms with Crippen LogP contribution in [0.3, 0.4) is 0 Å². The molecule has 0 amide bonds. The SMILES string of the molecule is CC1CCCN(c2ccc(F)cc2CCN)C1. The van der Waals surface area contributed by atoms with E-state index < -0.39 is 0 Å². The van der Waals surface area contributed by atoms with Gasteiger partial charge in [0.25, 0.3) is 0 Å². The van der Waals surface area contributed by atoms with Crippen LogP contribution in [0.25, 0.3) is 0 Å². The summed E-state index contributed by atoms with van der Waals surface area (Å²) in [5.41, 5.74) is 7.81. The Morgan fingerprint density at radius 2 is 2.29 bits per heavy atom. The Balaban J connectivity index is 2.23. The van der Waals surface area contributed by atoms with Gasteiger partial charge in [-0.25, -0.2) is 4.39 Å². The van der Waals surface area contributed by atoms with Gasteiger partial charge in [-0.05, 0) is 55.5 Å². The molecule has 0 spiro atoms. The molecule has 1 saturated heterocycles. The zero-order chi connectivity index (χ0) is 12.3. The third kappa shape index (κ3) is 2.97. The van der Waals surface area contributed by atoms with Gasteiger partial charge >= 0.3 is 0 Å². The average molecular weight is 236 g/mol. The van der Waals surface area contributed by atoms with E-state index in [2.05, 4.69) is 11.8 Å². The molecular formula is C14H21FN2. The standard InChI is InChI=1S/C14H21FN2/c1-11-3-2-8-17(10-11)14-5-4-13(15)9-12(14)6-7-16/h4-5,9,11H,2-3,6-8,10,16H2,1H3. The average Bonchev–Trinajstić information content (AvgIpc) is 2.29. The molecule has 3 heteroatoms. The lowest BCUT2D eigenvalue weighted by molar-refractivity contribution is 0.446. The first-order valence-corrected chi connectivity index (χ1v) is 6.44. The van der Waals surface area contributed by atoms with E-state index in [0.717, 1.165) is 31.0 Å². The van der Waals surface area contributed by atoms with E-state index in [9.17, 15) is 4.39 Å². The molecule has 0 radical (unpaired) electrons. The van der Waals surface area contributed by atoms with Crippen molar-refractivity contribution in [2.24, 2.45) is 11.7 Å². The van der Waals surface area contributed by atoms with Crippen molar-refractivity contribution in [1.82, 2.24) is 0 Å². The predicted octanol–water partition coefficient (Wildman–Crippen LogP) is 2.56. The van der Waals surface area contributed by atoms with Crippen LogP contribution >= 0.6 is 0 Å². The van der Waals surface area contributed by atoms with Crippen molar-refractivity contribution in [3.05, 3.63) is 29.6 Å². The summed E-state index contributed by atoms with van der Waals surface area (Å²) in [6.07, 6.45) is 3.27. The molecule has 0 aromatic heterocycles. The summed E-state index contributed by atoms with van der Waals surface area (Å²) < 4.78 is 13.3. The molecule has 1 aliphatic rings. The Hall–Kier alpha value is -1.09. The molecule has 1 aromatic rings. The minimum Gasteiger partial charge on any atom is -0.371 e. The predicted molar refractivity (Wildman–Crippen MR) is 69.8 cm³/mol. The van der Waals surface area contributed by atoms with Crippen molar-refractivity contribution in [2.75, 3.05) is 24.5 Å². The fraction of sp³-hybridized carbons (Fsp3) is 0.571. The van der Waals surface area contributed by atoms with E-state index in [1.807, 2.05) is 6.07 Å². The van der Waals surface area contributed by atoms with Crippen LogP contribution in [0.4, 0.5) is 10.1 Å². The van der Waals surface area contributed by atoms with Gasteiger partial charge in [-0.2, -0.15) is 0 Å². The maximum absolute atomic E-state index is 13.3. The monoisotopic (exact) mass is 236 g/mol. The minimum absolute atomic E-state index is 0.165. The van der Waals surface area contributed by atoms with Crippen molar-refractivity contribution in [3.63, 3.8) is 0 Å². The van der Waals surface area contributed by atoms with E-state index in [1.54, 1.807) is 12.1 Å². The van der Waals surface area contributed by atoms with E-state index in [1.165, 1.54) is 18.5 Å². The normalized spacial score (nSPS) is 20.6. The van der Waals surface area contributed by atoms with Gasteiger partial charge in [-0.15, -0.1) is 0 Å². The molecule has 0 aliphatic carbocycles. The molecule has 1 aliphatic heterocycles. The van der Waals surface area contributed by atoms with Crippen LogP contribution in [0.1, 0.15) is 25.3 Å². The molecule has 0 bridgehead atoms. The van der Waals surface area contributed by atoms with Crippen LogP contribution < -0.4 is 10.6 Å². The lowest BCUT2D eigenvalue weighted by Gasteiger charge is -2.34. The molecule has 2 rings (SSSR count). The highest BCUT2D eigenvalue weighted by atomic mass is 19.1. The summed E-state index contributed by atoms with van der Waals surface area (Å²) in [7, 11) is 0. The fourth-order valence-corrected chi connectivity index (χ4v) is 2.63. The molecule has 1 unspecified atom stereocenters. The summed E-state index contributed by atoms with van der Waals surface area (Å²) in [5, 5.41) is 0. The Morgan fingerprint density at radius 3 is 3.00 bits per heavy atom. The van der Waals surface area contributed by atoms with Crippen molar-refractivity contribution >= 4 is 5.69 Å². The minimum atomic E-state index is -0.165. The molecule has 0 saturated carbocycles. The fourth-order valence-electron chi connectivity index (χ4n) is 2.63. The summed E-state index contributed by atoms with van der Waals surface area (Å²) in [6, 6.07) is 5.08. The molecule has 1 fully saturated rings. The second-order valence-corrected chi connectivity index (χ2v) is 5.01. The van der Waals surface area contributed by atoms with E-state index in [-0.39, 0.29) is 5.82 Å². The molecule has 2 nitrogen and oxygen atoms in total. The summed E-state index contributed by atoms with van der Waals surface area (Å²) >= 11 is 0. The third-order valence-electron chi connectivity index (χ3n) is 3.45. The maximum Gasteiger partial charge on any atom is 0.123 e. The molecule has 2 N–H and O–H groups in total. The number of rotatable bonds is 3. The van der Waals surface area contributed by atoms with Crippen molar-refractivity contribution in [2.45, 2.75) is 26.2 Å². The van der Waals surface area contributed by atoms with Gasteiger partial charge in [0, 0.05) is 18.8 Å². The molecule has 1 atom stereocenters. The Bertz CT molecular complexity index is 378. The zero-order valence-corrected chi connectivity index (χ0v) is 10.5. The van der Waals surface area contributed by atoms with Gasteiger partial charge in [0.05, 0.1) is 0 Å². The van der Waals surface area contributed by atoms with Gasteiger partial charge < -0.3 is 10.6 Å². The number of nitrogens with two attached hydrogens (primary N) is 1. The smallest absolute Gasteiger partial charge is 0.123 e. The second kappa shape index (κ2) is 5.50. The van der Waals surface area contributed by atoms with Crippen molar-refractivity contribution < 1.29 is 4.39 Å². The van der Waals surface area contributed by atoms with Crippen LogP contribution in [-0.2, 0) is 6.42 Å². The van der Waals surface area contributed by atoms with Gasteiger partial charge in [0.15, 0.2) is 0 Å². The molecule has 1 aromatic carbocycles. The van der Waals surface area contributed by atoms with E-state index in [4.69, 9.17) is 5.73 Å². The van der Waals surface area contributed by atoms with Gasteiger partial charge in [0.2, 0.25) is 0 Å². The van der Waals surface area contributed by atoms with Crippen LogP contribution in [0, 0.1) is 11.7 Å². The van der Waals surface area contributed by atoms with Crippen molar-refractivity contribution in [3.8, 4) is 0 Å². The Morgan fingerprint density at radius 1 is 1.47 bits per heavy atom. The Labute approximate surface area is 103 Å². The summed E-state index contributed by atoms with van der Waals surface area (Å²) in [4.78, 5) is 2.37. The molecular weight excluding hydrogens is 215 g/mol. The lowest BCUT2D eigenvalue weighted by Crippen LogP contribution is -2.35. The second-order valence-electron chi connectivity index (χ2n) is 5.01. The Kier molecular flexibility index (Phi) is 4.00. The number of piperidine rings is 1. The van der Waals surface area contributed by atoms with Crippen LogP contribution in [0.15, 0.2) is 18.2 Å². The first kappa shape index (κ1) is 12.4. The summed E-state index contributed by atoms with van der Waals surface area (Å²) in [5.74, 6) is 0.557. The highest BCUT2D eigenvalue weighted by Crippen LogP contribution is 2.27. The zero-order valence-electron chi connectivity index (χ0n) is 10.5. The quantitative estimate of drug-likeness (QED) is 0.874. The first-order chi connectivity index (χ1) is 8.20. The van der Waals surface area contributed by atoms with E-state index >= 15 is 0 Å².